The molecule has 17 heavy (non-hydrogen) atoms. The van der Waals surface area contributed by atoms with E-state index in [2.05, 4.69) is 15.4 Å². The molecule has 88 valence electrons. The van der Waals surface area contributed by atoms with Crippen molar-refractivity contribution in [3.63, 3.8) is 0 Å². The number of ketones is 1. The Hall–Kier alpha value is -1.27. The average molecular weight is 265 g/mol. The zero-order chi connectivity index (χ0) is 11.9. The Morgan fingerprint density at radius 3 is 2.82 bits per heavy atom. The van der Waals surface area contributed by atoms with Crippen molar-refractivity contribution in [1.82, 2.24) is 15.4 Å². The first-order chi connectivity index (χ1) is 8.36. The van der Waals surface area contributed by atoms with Crippen molar-refractivity contribution in [2.75, 3.05) is 10.8 Å². The minimum atomic E-state index is 0.163. The van der Waals surface area contributed by atoms with Crippen LogP contribution >= 0.6 is 23.5 Å². The molecule has 0 spiro atoms. The summed E-state index contributed by atoms with van der Waals surface area (Å²) in [5.74, 6) is 0.658. The topological polar surface area (TPSA) is 58.6 Å². The first kappa shape index (κ1) is 12.2. The maximum atomic E-state index is 11.7. The van der Waals surface area contributed by atoms with Crippen LogP contribution in [-0.4, -0.2) is 32.0 Å². The second kappa shape index (κ2) is 6.46. The number of nitrogens with zero attached hydrogens (tertiary/aromatic N) is 2. The second-order valence-corrected chi connectivity index (χ2v) is 5.56. The average Bonchev–Trinajstić information content (AvgIpc) is 2.88. The van der Waals surface area contributed by atoms with Gasteiger partial charge in [-0.3, -0.25) is 9.89 Å². The summed E-state index contributed by atoms with van der Waals surface area (Å²) in [5, 5.41) is 11.8. The van der Waals surface area contributed by atoms with Crippen LogP contribution in [0.3, 0.4) is 0 Å². The molecule has 2 rings (SSSR count). The molecule has 0 aliphatic heterocycles. The van der Waals surface area contributed by atoms with Crippen LogP contribution in [0.2, 0.25) is 0 Å². The molecule has 0 atom stereocenters. The summed E-state index contributed by atoms with van der Waals surface area (Å²) < 4.78 is 0. The molecule has 0 saturated carbocycles. The van der Waals surface area contributed by atoms with Gasteiger partial charge < -0.3 is 0 Å². The van der Waals surface area contributed by atoms with Crippen LogP contribution in [0.5, 0.6) is 0 Å². The zero-order valence-electron chi connectivity index (χ0n) is 9.00. The van der Waals surface area contributed by atoms with Crippen LogP contribution in [0.4, 0.5) is 0 Å². The smallest absolute Gasteiger partial charge is 0.172 e. The lowest BCUT2D eigenvalue weighted by Crippen LogP contribution is -2.01. The highest BCUT2D eigenvalue weighted by atomic mass is 32.2. The minimum absolute atomic E-state index is 0.163. The number of hydrogen-bond acceptors (Lipinski definition) is 5. The summed E-state index contributed by atoms with van der Waals surface area (Å²) in [6, 6.07) is 9.34. The molecule has 1 aromatic heterocycles. The van der Waals surface area contributed by atoms with E-state index in [4.69, 9.17) is 0 Å². The van der Waals surface area contributed by atoms with E-state index in [-0.39, 0.29) is 5.78 Å². The van der Waals surface area contributed by atoms with Crippen molar-refractivity contribution >= 4 is 29.3 Å². The predicted octanol–water partition coefficient (Wildman–Crippen LogP) is 2.47. The molecular weight excluding hydrogens is 254 g/mol. The van der Waals surface area contributed by atoms with Crippen LogP contribution < -0.4 is 0 Å². The summed E-state index contributed by atoms with van der Waals surface area (Å²) in [6.07, 6.45) is 1.74. The number of Topliss-reactive ketones (excluding diaryl/α,β-unsaturated/α-hetero) is 1. The number of nitrogens with one attached hydrogen (secondary N) is 1. The number of carbonyl (C=O) groups is 1. The first-order valence-corrected chi connectivity index (χ1v) is 7.15. The number of benzene rings is 1. The van der Waals surface area contributed by atoms with Crippen LogP contribution in [0.1, 0.15) is 10.4 Å². The van der Waals surface area contributed by atoms with Crippen molar-refractivity contribution in [3.8, 4) is 0 Å². The van der Waals surface area contributed by atoms with Gasteiger partial charge in [0.2, 0.25) is 0 Å². The van der Waals surface area contributed by atoms with E-state index < -0.39 is 0 Å². The van der Waals surface area contributed by atoms with Crippen LogP contribution in [-0.2, 0) is 0 Å². The van der Waals surface area contributed by atoms with Gasteiger partial charge in [0.15, 0.2) is 5.78 Å². The fourth-order valence-corrected chi connectivity index (χ4v) is 2.94. The van der Waals surface area contributed by atoms with Crippen LogP contribution in [0.15, 0.2) is 41.6 Å². The van der Waals surface area contributed by atoms with Gasteiger partial charge in [-0.1, -0.05) is 47.3 Å². The number of H-pyrrole nitrogens is 1. The summed E-state index contributed by atoms with van der Waals surface area (Å²) >= 11 is 3.16. The van der Waals surface area contributed by atoms with E-state index in [0.29, 0.717) is 5.75 Å². The summed E-state index contributed by atoms with van der Waals surface area (Å²) in [5.41, 5.74) is 0.770. The third kappa shape index (κ3) is 3.90. The van der Waals surface area contributed by atoms with Gasteiger partial charge in [0.25, 0.3) is 0 Å². The third-order valence-corrected chi connectivity index (χ3v) is 4.11. The molecule has 1 aromatic carbocycles. The summed E-state index contributed by atoms with van der Waals surface area (Å²) in [4.78, 5) is 11.7. The zero-order valence-corrected chi connectivity index (χ0v) is 10.6. The molecule has 0 saturated heterocycles. The number of rotatable bonds is 6. The van der Waals surface area contributed by atoms with Crippen LogP contribution in [0.25, 0.3) is 0 Å². The van der Waals surface area contributed by atoms with E-state index in [0.717, 1.165) is 15.7 Å². The van der Waals surface area contributed by atoms with Gasteiger partial charge >= 0.3 is 0 Å². The van der Waals surface area contributed by atoms with Gasteiger partial charge in [0, 0.05) is 10.6 Å². The molecular formula is C11H11N3OS2. The number of hydrogen-bond donors (Lipinski definition) is 1. The summed E-state index contributed by atoms with van der Waals surface area (Å²) in [7, 11) is 0. The van der Waals surface area contributed by atoms with E-state index in [1.807, 2.05) is 30.3 Å². The molecule has 0 aliphatic carbocycles. The van der Waals surface area contributed by atoms with Gasteiger partial charge in [-0.25, -0.2) is 0 Å². The van der Waals surface area contributed by atoms with E-state index >= 15 is 0 Å². The highest BCUT2D eigenvalue weighted by Crippen LogP contribution is 2.19. The molecule has 6 heteroatoms. The number of thioether (sulfide) groups is 2. The molecule has 0 fully saturated rings. The molecule has 0 radical (unpaired) electrons. The quantitative estimate of drug-likeness (QED) is 0.376. The molecule has 0 aliphatic rings. The lowest BCUT2D eigenvalue weighted by molar-refractivity contribution is 0.102. The normalized spacial score (nSPS) is 10.4. The second-order valence-electron chi connectivity index (χ2n) is 3.21. The fourth-order valence-electron chi connectivity index (χ4n) is 1.21. The standard InChI is InChI=1S/C11H11N3OS2/c15-10(9-4-2-1-3-5-9)7-16-8-17-11-6-12-14-13-11/h1-6H,7-8H2,(H,12,13,14). The monoisotopic (exact) mass is 265 g/mol. The van der Waals surface area contributed by atoms with Gasteiger partial charge in [-0.15, -0.1) is 16.9 Å². The van der Waals surface area contributed by atoms with Crippen molar-refractivity contribution < 1.29 is 4.79 Å². The maximum Gasteiger partial charge on any atom is 0.172 e. The first-order valence-electron chi connectivity index (χ1n) is 5.01. The Morgan fingerprint density at radius 2 is 2.12 bits per heavy atom. The minimum Gasteiger partial charge on any atom is -0.293 e. The Bertz CT molecular complexity index is 459. The van der Waals surface area contributed by atoms with Crippen molar-refractivity contribution in [1.29, 1.82) is 0 Å². The van der Waals surface area contributed by atoms with Crippen LogP contribution in [0, 0.1) is 0 Å². The number of aromatic amines is 1. The van der Waals surface area contributed by atoms with Gasteiger partial charge in [-0.05, 0) is 0 Å². The Morgan fingerprint density at radius 1 is 1.29 bits per heavy atom. The van der Waals surface area contributed by atoms with Crippen molar-refractivity contribution in [2.24, 2.45) is 0 Å². The molecule has 0 unspecified atom stereocenters. The van der Waals surface area contributed by atoms with E-state index in [1.54, 1.807) is 29.7 Å². The summed E-state index contributed by atoms with van der Waals surface area (Å²) in [6.45, 7) is 0. The largest absolute Gasteiger partial charge is 0.293 e. The van der Waals surface area contributed by atoms with E-state index in [9.17, 15) is 4.79 Å². The molecule has 4 nitrogen and oxygen atoms in total. The van der Waals surface area contributed by atoms with Gasteiger partial charge in [0.1, 0.15) is 5.03 Å². The number of carbonyl (C=O) groups excluding carboxylic acids is 1. The molecule has 0 amide bonds. The Balaban J connectivity index is 1.70. The Kier molecular flexibility index (Phi) is 4.63. The van der Waals surface area contributed by atoms with Gasteiger partial charge in [-0.2, -0.15) is 0 Å². The molecule has 1 N–H and O–H groups in total. The fraction of sp³-hybridized carbons (Fsp3) is 0.182. The lowest BCUT2D eigenvalue weighted by Gasteiger charge is -2.00. The number of aromatic nitrogens is 3. The highest BCUT2D eigenvalue weighted by Gasteiger charge is 2.05. The molecule has 2 aromatic rings. The van der Waals surface area contributed by atoms with Gasteiger partial charge in [0.05, 0.1) is 11.9 Å². The maximum absolute atomic E-state index is 11.7. The SMILES string of the molecule is O=C(CSCSc1c[nH]nn1)c1ccccc1. The van der Waals surface area contributed by atoms with Crippen molar-refractivity contribution in [2.45, 2.75) is 5.03 Å². The Labute approximate surface area is 108 Å². The predicted molar refractivity (Wildman–Crippen MR) is 70.3 cm³/mol. The van der Waals surface area contributed by atoms with Crippen molar-refractivity contribution in [3.05, 3.63) is 42.1 Å². The lowest BCUT2D eigenvalue weighted by atomic mass is 10.2. The van der Waals surface area contributed by atoms with E-state index in [1.165, 1.54) is 0 Å². The molecule has 0 bridgehead atoms. The highest BCUT2D eigenvalue weighted by molar-refractivity contribution is 8.16. The molecule has 1 heterocycles. The third-order valence-electron chi connectivity index (χ3n) is 2.01.